The van der Waals surface area contributed by atoms with Crippen LogP contribution in [0.3, 0.4) is 0 Å². The van der Waals surface area contributed by atoms with Crippen LogP contribution in [0.15, 0.2) is 64.5 Å². The Balaban J connectivity index is 1.84. The molecule has 0 radical (unpaired) electrons. The lowest BCUT2D eigenvalue weighted by molar-refractivity contribution is 0.751. The van der Waals surface area contributed by atoms with Crippen molar-refractivity contribution in [2.24, 2.45) is 11.7 Å². The highest BCUT2D eigenvalue weighted by Crippen LogP contribution is 2.39. The van der Waals surface area contributed by atoms with Crippen molar-refractivity contribution >= 4 is 0 Å². The van der Waals surface area contributed by atoms with Crippen LogP contribution in [0.5, 0.6) is 0 Å². The molecule has 2 nitrogen and oxygen atoms in total. The van der Waals surface area contributed by atoms with E-state index in [1.807, 2.05) is 0 Å². The molecule has 0 saturated heterocycles. The van der Waals surface area contributed by atoms with Crippen molar-refractivity contribution in [3.63, 3.8) is 0 Å². The van der Waals surface area contributed by atoms with Crippen LogP contribution in [0, 0.1) is 12.8 Å². The Morgan fingerprint density at radius 1 is 1.08 bits per heavy atom. The predicted molar refractivity (Wildman–Crippen MR) is 102 cm³/mol. The number of nitrogens with one attached hydrogen (secondary N) is 1. The van der Waals surface area contributed by atoms with E-state index in [0.29, 0.717) is 5.92 Å². The molecule has 126 valence electrons. The van der Waals surface area contributed by atoms with Gasteiger partial charge in [0.1, 0.15) is 0 Å². The number of rotatable bonds is 5. The van der Waals surface area contributed by atoms with Gasteiger partial charge in [-0.3, -0.25) is 0 Å². The van der Waals surface area contributed by atoms with Gasteiger partial charge in [-0.15, -0.1) is 0 Å². The fraction of sp³-hybridized carbons (Fsp3) is 0.364. The summed E-state index contributed by atoms with van der Waals surface area (Å²) < 4.78 is 0. The fourth-order valence-electron chi connectivity index (χ4n) is 3.88. The Labute approximate surface area is 145 Å². The standard InChI is InChI=1S/C22H28N2/c1-5-16-9-7-8-15(4)20(16)13-24-22-11-14(3)10-18-17(6-2)21(23)12-19(18)22/h7-12,18,24H,5-6,13,23H2,1-4H3. The Hall–Kier alpha value is -2.22. The van der Waals surface area contributed by atoms with Gasteiger partial charge < -0.3 is 11.1 Å². The molecule has 0 heterocycles. The number of benzene rings is 1. The van der Waals surface area contributed by atoms with Crippen LogP contribution in [0.1, 0.15) is 43.9 Å². The van der Waals surface area contributed by atoms with Crippen LogP contribution in [0.25, 0.3) is 0 Å². The molecule has 2 aliphatic rings. The van der Waals surface area contributed by atoms with Gasteiger partial charge in [-0.05, 0) is 66.7 Å². The van der Waals surface area contributed by atoms with Crippen LogP contribution in [-0.4, -0.2) is 0 Å². The van der Waals surface area contributed by atoms with Crippen LogP contribution < -0.4 is 11.1 Å². The SMILES string of the molecule is CCC1=C(N)C=C2C(NCc3c(C)cccc3CC)=CC(C)=CC21. The molecule has 3 N–H and O–H groups in total. The van der Waals surface area contributed by atoms with Gasteiger partial charge in [0.05, 0.1) is 0 Å². The van der Waals surface area contributed by atoms with Crippen molar-refractivity contribution < 1.29 is 0 Å². The van der Waals surface area contributed by atoms with E-state index in [0.717, 1.165) is 25.1 Å². The highest BCUT2D eigenvalue weighted by Gasteiger charge is 2.28. The minimum atomic E-state index is 0.352. The topological polar surface area (TPSA) is 38.0 Å². The molecule has 0 bridgehead atoms. The molecule has 2 heteroatoms. The van der Waals surface area contributed by atoms with Crippen LogP contribution >= 0.6 is 0 Å². The van der Waals surface area contributed by atoms with Gasteiger partial charge in [0.2, 0.25) is 0 Å². The largest absolute Gasteiger partial charge is 0.399 e. The number of hydrogen-bond acceptors (Lipinski definition) is 2. The molecule has 3 rings (SSSR count). The van der Waals surface area contributed by atoms with E-state index >= 15 is 0 Å². The zero-order chi connectivity index (χ0) is 17.3. The zero-order valence-corrected chi connectivity index (χ0v) is 15.2. The van der Waals surface area contributed by atoms with Gasteiger partial charge in [0.25, 0.3) is 0 Å². The number of hydrogen-bond donors (Lipinski definition) is 2. The zero-order valence-electron chi connectivity index (χ0n) is 15.2. The fourth-order valence-corrected chi connectivity index (χ4v) is 3.88. The number of nitrogens with two attached hydrogens (primary N) is 1. The molecule has 2 aliphatic carbocycles. The molecular formula is C22H28N2. The lowest BCUT2D eigenvalue weighted by Gasteiger charge is -2.24. The lowest BCUT2D eigenvalue weighted by Crippen LogP contribution is -2.21. The Morgan fingerprint density at radius 3 is 2.58 bits per heavy atom. The van der Waals surface area contributed by atoms with Crippen molar-refractivity contribution in [2.75, 3.05) is 0 Å². The summed E-state index contributed by atoms with van der Waals surface area (Å²) in [6.45, 7) is 9.64. The number of aryl methyl sites for hydroxylation is 2. The molecule has 1 atom stereocenters. The van der Waals surface area contributed by atoms with Gasteiger partial charge in [0, 0.05) is 23.9 Å². The third-order valence-electron chi connectivity index (χ3n) is 5.23. The molecule has 0 saturated carbocycles. The summed E-state index contributed by atoms with van der Waals surface area (Å²) in [5.74, 6) is 0.352. The molecular weight excluding hydrogens is 292 g/mol. The predicted octanol–water partition coefficient (Wildman–Crippen LogP) is 4.67. The summed E-state index contributed by atoms with van der Waals surface area (Å²) >= 11 is 0. The molecule has 24 heavy (non-hydrogen) atoms. The summed E-state index contributed by atoms with van der Waals surface area (Å²) in [6, 6.07) is 6.58. The monoisotopic (exact) mass is 320 g/mol. The number of fused-ring (bicyclic) bond motifs is 1. The van der Waals surface area contributed by atoms with Crippen molar-refractivity contribution in [2.45, 2.75) is 47.1 Å². The van der Waals surface area contributed by atoms with Crippen LogP contribution in [0.4, 0.5) is 0 Å². The average molecular weight is 320 g/mol. The van der Waals surface area contributed by atoms with E-state index in [4.69, 9.17) is 5.73 Å². The van der Waals surface area contributed by atoms with Gasteiger partial charge >= 0.3 is 0 Å². The van der Waals surface area contributed by atoms with Gasteiger partial charge in [-0.2, -0.15) is 0 Å². The molecule has 0 aromatic heterocycles. The summed E-state index contributed by atoms with van der Waals surface area (Å²) in [4.78, 5) is 0. The first-order valence-electron chi connectivity index (χ1n) is 8.97. The summed E-state index contributed by atoms with van der Waals surface area (Å²) in [5.41, 5.74) is 16.6. The summed E-state index contributed by atoms with van der Waals surface area (Å²) in [7, 11) is 0. The van der Waals surface area contributed by atoms with E-state index in [-0.39, 0.29) is 0 Å². The van der Waals surface area contributed by atoms with E-state index in [1.54, 1.807) is 0 Å². The van der Waals surface area contributed by atoms with Crippen molar-refractivity contribution in [3.8, 4) is 0 Å². The molecule has 0 amide bonds. The second-order valence-electron chi connectivity index (χ2n) is 6.80. The van der Waals surface area contributed by atoms with Gasteiger partial charge in [0.15, 0.2) is 0 Å². The second kappa shape index (κ2) is 6.72. The quantitative estimate of drug-likeness (QED) is 0.827. The Kier molecular flexibility index (Phi) is 4.66. The van der Waals surface area contributed by atoms with Gasteiger partial charge in [-0.1, -0.05) is 43.7 Å². The third-order valence-corrected chi connectivity index (χ3v) is 5.23. The minimum absolute atomic E-state index is 0.352. The summed E-state index contributed by atoms with van der Waals surface area (Å²) in [5, 5.41) is 3.69. The maximum atomic E-state index is 6.25. The lowest BCUT2D eigenvalue weighted by atomic mass is 9.86. The molecule has 1 aromatic carbocycles. The molecule has 0 aliphatic heterocycles. The highest BCUT2D eigenvalue weighted by atomic mass is 14.9. The van der Waals surface area contributed by atoms with E-state index < -0.39 is 0 Å². The Morgan fingerprint density at radius 2 is 1.88 bits per heavy atom. The van der Waals surface area contributed by atoms with Gasteiger partial charge in [-0.25, -0.2) is 0 Å². The van der Waals surface area contributed by atoms with Crippen molar-refractivity contribution in [1.29, 1.82) is 0 Å². The van der Waals surface area contributed by atoms with E-state index in [9.17, 15) is 0 Å². The molecule has 1 unspecified atom stereocenters. The van der Waals surface area contributed by atoms with Crippen LogP contribution in [0.2, 0.25) is 0 Å². The van der Waals surface area contributed by atoms with Crippen molar-refractivity contribution in [1.82, 2.24) is 5.32 Å². The first kappa shape index (κ1) is 16.6. The van der Waals surface area contributed by atoms with Crippen LogP contribution in [-0.2, 0) is 13.0 Å². The minimum Gasteiger partial charge on any atom is -0.399 e. The van der Waals surface area contributed by atoms with E-state index in [1.165, 1.54) is 39.1 Å². The molecule has 1 aromatic rings. The maximum absolute atomic E-state index is 6.25. The number of allylic oxidation sites excluding steroid dienone is 6. The smallest absolute Gasteiger partial charge is 0.0406 e. The Bertz CT molecular complexity index is 775. The first-order chi connectivity index (χ1) is 11.5. The third kappa shape index (κ3) is 2.93. The molecule has 0 spiro atoms. The first-order valence-corrected chi connectivity index (χ1v) is 8.97. The summed E-state index contributed by atoms with van der Waals surface area (Å²) in [6.07, 6.45) is 8.81. The van der Waals surface area contributed by atoms with Crippen molar-refractivity contribution in [3.05, 3.63) is 81.2 Å². The second-order valence-corrected chi connectivity index (χ2v) is 6.80. The average Bonchev–Trinajstić information content (AvgIpc) is 2.88. The molecule has 0 fully saturated rings. The normalized spacial score (nSPS) is 19.7. The maximum Gasteiger partial charge on any atom is 0.0406 e. The van der Waals surface area contributed by atoms with E-state index in [2.05, 4.69) is 69.4 Å². The highest BCUT2D eigenvalue weighted by molar-refractivity contribution is 5.56.